The average Bonchev–Trinajstić information content (AvgIpc) is 2.47. The standard InChI is InChI=1S/C16H11ClN4/c17-11-2-1-10(9-18)15(7-11)21-14-5-6-20-16-8-12(19)3-4-13(14)16/h1-8H,19H2,(H,20,21). The molecular weight excluding hydrogens is 284 g/mol. The number of fused-ring (bicyclic) bond motifs is 1. The second-order valence-corrected chi connectivity index (χ2v) is 5.00. The smallest absolute Gasteiger partial charge is 0.101 e. The molecule has 5 heteroatoms. The van der Waals surface area contributed by atoms with Crippen LogP contribution in [0.3, 0.4) is 0 Å². The summed E-state index contributed by atoms with van der Waals surface area (Å²) in [6.45, 7) is 0. The summed E-state index contributed by atoms with van der Waals surface area (Å²) in [4.78, 5) is 4.29. The number of nitrogen functional groups attached to an aromatic ring is 1. The Balaban J connectivity index is 2.11. The highest BCUT2D eigenvalue weighted by molar-refractivity contribution is 6.31. The second kappa shape index (κ2) is 5.31. The van der Waals surface area contributed by atoms with Crippen LogP contribution in [0.4, 0.5) is 17.1 Å². The van der Waals surface area contributed by atoms with Crippen molar-refractivity contribution in [1.82, 2.24) is 4.98 Å². The van der Waals surface area contributed by atoms with Gasteiger partial charge in [0.05, 0.1) is 16.8 Å². The van der Waals surface area contributed by atoms with Crippen molar-refractivity contribution in [1.29, 1.82) is 5.26 Å². The van der Waals surface area contributed by atoms with Crippen LogP contribution in [0.15, 0.2) is 48.7 Å². The Kier molecular flexibility index (Phi) is 3.35. The quantitative estimate of drug-likeness (QED) is 0.698. The van der Waals surface area contributed by atoms with Gasteiger partial charge in [-0.1, -0.05) is 11.6 Å². The number of anilines is 3. The van der Waals surface area contributed by atoms with Gasteiger partial charge < -0.3 is 11.1 Å². The van der Waals surface area contributed by atoms with Gasteiger partial charge in [-0.3, -0.25) is 4.98 Å². The van der Waals surface area contributed by atoms with Crippen molar-refractivity contribution in [2.75, 3.05) is 11.1 Å². The molecule has 0 aliphatic rings. The fourth-order valence-corrected chi connectivity index (χ4v) is 2.31. The minimum Gasteiger partial charge on any atom is -0.399 e. The van der Waals surface area contributed by atoms with E-state index in [0.29, 0.717) is 22.0 Å². The highest BCUT2D eigenvalue weighted by Gasteiger charge is 2.07. The van der Waals surface area contributed by atoms with E-state index in [9.17, 15) is 5.26 Å². The largest absolute Gasteiger partial charge is 0.399 e. The molecular formula is C16H11ClN4. The Bertz CT molecular complexity index is 868. The van der Waals surface area contributed by atoms with Gasteiger partial charge in [0.25, 0.3) is 0 Å². The number of benzene rings is 2. The summed E-state index contributed by atoms with van der Waals surface area (Å²) in [5.41, 5.74) is 9.26. The molecule has 2 aromatic carbocycles. The topological polar surface area (TPSA) is 74.7 Å². The molecule has 0 fully saturated rings. The van der Waals surface area contributed by atoms with Crippen molar-refractivity contribution in [2.24, 2.45) is 0 Å². The molecule has 21 heavy (non-hydrogen) atoms. The molecule has 0 aliphatic carbocycles. The normalized spacial score (nSPS) is 10.3. The summed E-state index contributed by atoms with van der Waals surface area (Å²) in [5.74, 6) is 0. The lowest BCUT2D eigenvalue weighted by Crippen LogP contribution is -1.96. The van der Waals surface area contributed by atoms with Crippen molar-refractivity contribution in [3.8, 4) is 6.07 Å². The number of aromatic nitrogens is 1. The van der Waals surface area contributed by atoms with E-state index in [0.717, 1.165) is 16.6 Å². The number of hydrogen-bond donors (Lipinski definition) is 2. The minimum absolute atomic E-state index is 0.528. The molecule has 1 heterocycles. The Morgan fingerprint density at radius 1 is 1.10 bits per heavy atom. The zero-order valence-electron chi connectivity index (χ0n) is 11.0. The number of pyridine rings is 1. The molecule has 0 radical (unpaired) electrons. The van der Waals surface area contributed by atoms with E-state index < -0.39 is 0 Å². The van der Waals surface area contributed by atoms with Gasteiger partial charge in [-0.15, -0.1) is 0 Å². The molecule has 0 unspecified atom stereocenters. The van der Waals surface area contributed by atoms with Crippen LogP contribution in [0.2, 0.25) is 5.02 Å². The Labute approximate surface area is 126 Å². The summed E-state index contributed by atoms with van der Waals surface area (Å²) in [6.07, 6.45) is 1.70. The molecule has 0 bridgehead atoms. The fraction of sp³-hybridized carbons (Fsp3) is 0. The van der Waals surface area contributed by atoms with Crippen molar-refractivity contribution in [3.05, 3.63) is 59.2 Å². The SMILES string of the molecule is N#Cc1ccc(Cl)cc1Nc1ccnc2cc(N)ccc12. The average molecular weight is 295 g/mol. The van der Waals surface area contributed by atoms with Gasteiger partial charge in [0, 0.05) is 28.0 Å². The number of nitriles is 1. The predicted octanol–water partition coefficient (Wildman–Crippen LogP) is 4.09. The minimum atomic E-state index is 0.528. The van der Waals surface area contributed by atoms with Crippen molar-refractivity contribution in [2.45, 2.75) is 0 Å². The number of hydrogen-bond acceptors (Lipinski definition) is 4. The van der Waals surface area contributed by atoms with E-state index in [2.05, 4.69) is 16.4 Å². The zero-order chi connectivity index (χ0) is 14.8. The highest BCUT2D eigenvalue weighted by atomic mass is 35.5. The van der Waals surface area contributed by atoms with E-state index in [1.807, 2.05) is 24.3 Å². The summed E-state index contributed by atoms with van der Waals surface area (Å²) < 4.78 is 0. The first-order valence-electron chi connectivity index (χ1n) is 6.28. The molecule has 4 nitrogen and oxygen atoms in total. The van der Waals surface area contributed by atoms with E-state index in [-0.39, 0.29) is 0 Å². The monoisotopic (exact) mass is 294 g/mol. The highest BCUT2D eigenvalue weighted by Crippen LogP contribution is 2.29. The maximum Gasteiger partial charge on any atom is 0.101 e. The van der Waals surface area contributed by atoms with Crippen LogP contribution in [0.5, 0.6) is 0 Å². The molecule has 0 spiro atoms. The lowest BCUT2D eigenvalue weighted by Gasteiger charge is -2.11. The molecule has 3 N–H and O–H groups in total. The van der Waals surface area contributed by atoms with Crippen LogP contribution < -0.4 is 11.1 Å². The summed E-state index contributed by atoms with van der Waals surface area (Å²) >= 11 is 6.00. The van der Waals surface area contributed by atoms with Crippen LogP contribution in [0.25, 0.3) is 10.9 Å². The third kappa shape index (κ3) is 2.60. The van der Waals surface area contributed by atoms with E-state index >= 15 is 0 Å². The maximum atomic E-state index is 9.18. The number of halogens is 1. The molecule has 102 valence electrons. The van der Waals surface area contributed by atoms with Crippen LogP contribution >= 0.6 is 11.6 Å². The number of nitrogens with two attached hydrogens (primary N) is 1. The molecule has 3 aromatic rings. The Hall–Kier alpha value is -2.77. The summed E-state index contributed by atoms with van der Waals surface area (Å²) in [6, 6.07) is 14.6. The van der Waals surface area contributed by atoms with Gasteiger partial charge >= 0.3 is 0 Å². The van der Waals surface area contributed by atoms with Crippen LogP contribution in [0.1, 0.15) is 5.56 Å². The summed E-state index contributed by atoms with van der Waals surface area (Å²) in [7, 11) is 0. The first-order valence-corrected chi connectivity index (χ1v) is 6.66. The van der Waals surface area contributed by atoms with Crippen LogP contribution in [-0.4, -0.2) is 4.98 Å². The first-order chi connectivity index (χ1) is 10.2. The molecule has 1 aromatic heterocycles. The van der Waals surface area contributed by atoms with Crippen molar-refractivity contribution >= 4 is 39.6 Å². The second-order valence-electron chi connectivity index (χ2n) is 4.56. The van der Waals surface area contributed by atoms with E-state index in [1.165, 1.54) is 0 Å². The predicted molar refractivity (Wildman–Crippen MR) is 85.6 cm³/mol. The van der Waals surface area contributed by atoms with E-state index in [4.69, 9.17) is 17.3 Å². The van der Waals surface area contributed by atoms with Gasteiger partial charge in [0.15, 0.2) is 0 Å². The van der Waals surface area contributed by atoms with Gasteiger partial charge in [-0.2, -0.15) is 5.26 Å². The third-order valence-corrected chi connectivity index (χ3v) is 3.37. The maximum absolute atomic E-state index is 9.18. The Morgan fingerprint density at radius 3 is 2.76 bits per heavy atom. The summed E-state index contributed by atoms with van der Waals surface area (Å²) in [5, 5.41) is 13.9. The fourth-order valence-electron chi connectivity index (χ4n) is 2.14. The lowest BCUT2D eigenvalue weighted by atomic mass is 10.1. The van der Waals surface area contributed by atoms with Crippen LogP contribution in [0, 0.1) is 11.3 Å². The molecule has 0 saturated heterocycles. The van der Waals surface area contributed by atoms with Crippen molar-refractivity contribution < 1.29 is 0 Å². The van der Waals surface area contributed by atoms with Gasteiger partial charge in [-0.25, -0.2) is 0 Å². The molecule has 0 saturated carbocycles. The zero-order valence-corrected chi connectivity index (χ0v) is 11.7. The number of rotatable bonds is 2. The lowest BCUT2D eigenvalue weighted by molar-refractivity contribution is 1.40. The molecule has 3 rings (SSSR count). The third-order valence-electron chi connectivity index (χ3n) is 3.14. The Morgan fingerprint density at radius 2 is 1.95 bits per heavy atom. The van der Waals surface area contributed by atoms with E-state index in [1.54, 1.807) is 24.4 Å². The van der Waals surface area contributed by atoms with Gasteiger partial charge in [-0.05, 0) is 42.5 Å². The molecule has 0 amide bonds. The van der Waals surface area contributed by atoms with Crippen molar-refractivity contribution in [3.63, 3.8) is 0 Å². The van der Waals surface area contributed by atoms with Gasteiger partial charge in [0.1, 0.15) is 6.07 Å². The van der Waals surface area contributed by atoms with Gasteiger partial charge in [0.2, 0.25) is 0 Å². The first kappa shape index (κ1) is 13.2. The molecule has 0 atom stereocenters. The number of nitrogens with zero attached hydrogens (tertiary/aromatic N) is 2. The molecule has 0 aliphatic heterocycles. The number of nitrogens with one attached hydrogen (secondary N) is 1. The van der Waals surface area contributed by atoms with Crippen LogP contribution in [-0.2, 0) is 0 Å².